The van der Waals surface area contributed by atoms with Crippen molar-refractivity contribution in [2.24, 2.45) is 5.92 Å². The van der Waals surface area contributed by atoms with Gasteiger partial charge in [0.1, 0.15) is 11.1 Å². The van der Waals surface area contributed by atoms with E-state index in [0.717, 1.165) is 19.1 Å². The van der Waals surface area contributed by atoms with Crippen LogP contribution in [0.2, 0.25) is 0 Å². The van der Waals surface area contributed by atoms with E-state index in [1.807, 2.05) is 18.4 Å². The van der Waals surface area contributed by atoms with Crippen LogP contribution in [0.4, 0.5) is 0 Å². The van der Waals surface area contributed by atoms with Gasteiger partial charge in [0.05, 0.1) is 5.69 Å². The quantitative estimate of drug-likeness (QED) is 0.868. The molecule has 0 aromatic carbocycles. The van der Waals surface area contributed by atoms with Gasteiger partial charge in [0.15, 0.2) is 0 Å². The van der Waals surface area contributed by atoms with E-state index in [0.29, 0.717) is 5.92 Å². The zero-order valence-corrected chi connectivity index (χ0v) is 12.8. The molecule has 106 valence electrons. The van der Waals surface area contributed by atoms with E-state index >= 15 is 0 Å². The van der Waals surface area contributed by atoms with Crippen molar-refractivity contribution in [2.75, 3.05) is 20.2 Å². The minimum absolute atomic E-state index is 0.274. The first kappa shape index (κ1) is 13.5. The summed E-state index contributed by atoms with van der Waals surface area (Å²) >= 11 is 1.92. The van der Waals surface area contributed by atoms with E-state index in [2.05, 4.69) is 12.2 Å². The number of aromatic nitrogens is 1. The first-order valence-electron chi connectivity index (χ1n) is 7.59. The molecule has 0 saturated heterocycles. The lowest BCUT2D eigenvalue weighted by molar-refractivity contribution is 0.0461. The minimum atomic E-state index is 0.274. The average Bonchev–Trinajstić information content (AvgIpc) is 3.15. The summed E-state index contributed by atoms with van der Waals surface area (Å²) in [6, 6.07) is 0. The Labute approximate surface area is 119 Å². The number of hydrogen-bond acceptors (Lipinski definition) is 4. The lowest BCUT2D eigenvalue weighted by atomic mass is 9.91. The van der Waals surface area contributed by atoms with E-state index in [4.69, 9.17) is 9.72 Å². The van der Waals surface area contributed by atoms with Gasteiger partial charge in [-0.3, -0.25) is 0 Å². The van der Waals surface area contributed by atoms with E-state index in [-0.39, 0.29) is 6.10 Å². The number of nitrogens with one attached hydrogen (secondary N) is 1. The molecule has 2 aliphatic carbocycles. The number of rotatable bonds is 6. The van der Waals surface area contributed by atoms with Crippen molar-refractivity contribution in [3.63, 3.8) is 0 Å². The summed E-state index contributed by atoms with van der Waals surface area (Å²) in [5, 5.41) is 4.56. The number of aryl methyl sites for hydroxylation is 1. The fourth-order valence-corrected chi connectivity index (χ4v) is 4.42. The molecule has 0 radical (unpaired) electrons. The van der Waals surface area contributed by atoms with Crippen molar-refractivity contribution in [3.8, 4) is 0 Å². The molecular formula is C15H24N2OS. The van der Waals surface area contributed by atoms with Crippen molar-refractivity contribution in [2.45, 2.75) is 51.0 Å². The van der Waals surface area contributed by atoms with E-state index in [9.17, 15) is 0 Å². The number of thiazole rings is 1. The van der Waals surface area contributed by atoms with Crippen molar-refractivity contribution in [1.82, 2.24) is 10.3 Å². The third kappa shape index (κ3) is 2.86. The van der Waals surface area contributed by atoms with Gasteiger partial charge < -0.3 is 10.1 Å². The van der Waals surface area contributed by atoms with Gasteiger partial charge in [0.2, 0.25) is 0 Å². The summed E-state index contributed by atoms with van der Waals surface area (Å²) in [4.78, 5) is 6.50. The summed E-state index contributed by atoms with van der Waals surface area (Å²) in [5.41, 5.74) is 1.37. The highest BCUT2D eigenvalue weighted by Gasteiger charge is 2.36. The topological polar surface area (TPSA) is 34.1 Å². The second-order valence-electron chi connectivity index (χ2n) is 5.72. The smallest absolute Gasteiger partial charge is 0.122 e. The zero-order chi connectivity index (χ0) is 13.2. The van der Waals surface area contributed by atoms with Crippen molar-refractivity contribution in [3.05, 3.63) is 15.6 Å². The Kier molecular flexibility index (Phi) is 4.20. The van der Waals surface area contributed by atoms with Crippen LogP contribution in [-0.2, 0) is 11.2 Å². The Morgan fingerprint density at radius 1 is 1.42 bits per heavy atom. The Bertz CT molecular complexity index is 428. The monoisotopic (exact) mass is 280 g/mol. The molecule has 0 amide bonds. The maximum Gasteiger partial charge on any atom is 0.122 e. The Morgan fingerprint density at radius 3 is 2.95 bits per heavy atom. The molecule has 4 heteroatoms. The van der Waals surface area contributed by atoms with Gasteiger partial charge in [0, 0.05) is 23.9 Å². The van der Waals surface area contributed by atoms with Crippen LogP contribution in [0.25, 0.3) is 0 Å². The van der Waals surface area contributed by atoms with Gasteiger partial charge in [-0.15, -0.1) is 11.3 Å². The van der Waals surface area contributed by atoms with Crippen molar-refractivity contribution in [1.29, 1.82) is 0 Å². The lowest BCUT2D eigenvalue weighted by Crippen LogP contribution is -2.21. The maximum absolute atomic E-state index is 5.96. The van der Waals surface area contributed by atoms with E-state index in [1.54, 1.807) is 0 Å². The van der Waals surface area contributed by atoms with Gasteiger partial charge in [-0.25, -0.2) is 4.98 Å². The lowest BCUT2D eigenvalue weighted by Gasteiger charge is -2.20. The van der Waals surface area contributed by atoms with E-state index in [1.165, 1.54) is 47.7 Å². The molecular weight excluding hydrogens is 256 g/mol. The molecule has 0 spiro atoms. The molecule has 0 aliphatic heterocycles. The summed E-state index contributed by atoms with van der Waals surface area (Å²) in [6.07, 6.45) is 6.71. The second-order valence-corrected chi connectivity index (χ2v) is 6.84. The summed E-state index contributed by atoms with van der Waals surface area (Å²) in [6.45, 7) is 3.94. The number of likely N-dealkylation sites (N-methyl/N-ethyl adjacent to an activating group) is 1. The first-order chi connectivity index (χ1) is 9.33. The molecule has 0 bridgehead atoms. The standard InChI is InChI=1S/C15H24N2OS/c1-3-18-14(10-7-8-10)15-17-13-11(9-16-2)5-4-6-12(13)19-15/h10-11,14,16H,3-9H2,1-2H3. The molecule has 19 heavy (non-hydrogen) atoms. The molecule has 2 aliphatic rings. The molecule has 1 fully saturated rings. The maximum atomic E-state index is 5.96. The van der Waals surface area contributed by atoms with E-state index < -0.39 is 0 Å². The Balaban J connectivity index is 1.83. The summed E-state index contributed by atoms with van der Waals surface area (Å²) in [7, 11) is 2.04. The molecule has 2 atom stereocenters. The van der Waals surface area contributed by atoms with Crippen LogP contribution in [0, 0.1) is 5.92 Å². The third-order valence-corrected chi connectivity index (χ3v) is 5.37. The second kappa shape index (κ2) is 5.90. The molecule has 2 unspecified atom stereocenters. The first-order valence-corrected chi connectivity index (χ1v) is 8.40. The molecule has 1 N–H and O–H groups in total. The van der Waals surface area contributed by atoms with Crippen LogP contribution in [-0.4, -0.2) is 25.2 Å². The highest BCUT2D eigenvalue weighted by atomic mass is 32.1. The number of fused-ring (bicyclic) bond motifs is 1. The van der Waals surface area contributed by atoms with Gasteiger partial charge in [0.25, 0.3) is 0 Å². The van der Waals surface area contributed by atoms with Crippen LogP contribution in [0.3, 0.4) is 0 Å². The minimum Gasteiger partial charge on any atom is -0.371 e. The van der Waals surface area contributed by atoms with Crippen LogP contribution in [0.1, 0.15) is 60.2 Å². The van der Waals surface area contributed by atoms with Gasteiger partial charge in [-0.05, 0) is 52.0 Å². The van der Waals surface area contributed by atoms with Crippen LogP contribution in [0.15, 0.2) is 0 Å². The van der Waals surface area contributed by atoms with Gasteiger partial charge in [-0.2, -0.15) is 0 Å². The Morgan fingerprint density at radius 2 is 2.26 bits per heavy atom. The molecule has 1 saturated carbocycles. The van der Waals surface area contributed by atoms with Crippen LogP contribution >= 0.6 is 11.3 Å². The normalized spacial score (nSPS) is 24.2. The third-order valence-electron chi connectivity index (χ3n) is 4.18. The predicted molar refractivity (Wildman–Crippen MR) is 78.8 cm³/mol. The largest absolute Gasteiger partial charge is 0.371 e. The number of nitrogens with zero attached hydrogens (tertiary/aromatic N) is 1. The van der Waals surface area contributed by atoms with Crippen LogP contribution < -0.4 is 5.32 Å². The average molecular weight is 280 g/mol. The van der Waals surface area contributed by atoms with Gasteiger partial charge in [-0.1, -0.05) is 0 Å². The molecule has 1 aromatic rings. The predicted octanol–water partition coefficient (Wildman–Crippen LogP) is 3.27. The van der Waals surface area contributed by atoms with Crippen molar-refractivity contribution < 1.29 is 4.74 Å². The highest BCUT2D eigenvalue weighted by Crippen LogP contribution is 2.46. The Hall–Kier alpha value is -0.450. The summed E-state index contributed by atoms with van der Waals surface area (Å²) in [5.74, 6) is 1.34. The van der Waals surface area contributed by atoms with Gasteiger partial charge >= 0.3 is 0 Å². The highest BCUT2D eigenvalue weighted by molar-refractivity contribution is 7.11. The van der Waals surface area contributed by atoms with Crippen molar-refractivity contribution >= 4 is 11.3 Å². The SMILES string of the molecule is CCOC(c1nc2c(s1)CCCC2CNC)C1CC1. The fraction of sp³-hybridized carbons (Fsp3) is 0.800. The molecule has 1 heterocycles. The molecule has 3 nitrogen and oxygen atoms in total. The molecule has 3 rings (SSSR count). The fourth-order valence-electron chi connectivity index (χ4n) is 3.08. The number of hydrogen-bond donors (Lipinski definition) is 1. The molecule has 1 aromatic heterocycles. The zero-order valence-electron chi connectivity index (χ0n) is 11.9. The van der Waals surface area contributed by atoms with Crippen LogP contribution in [0.5, 0.6) is 0 Å². The number of ether oxygens (including phenoxy) is 1. The summed E-state index contributed by atoms with van der Waals surface area (Å²) < 4.78 is 5.96.